The van der Waals surface area contributed by atoms with Crippen LogP contribution in [0.15, 0.2) is 36.4 Å². The number of imidazole rings is 1. The fraction of sp³-hybridized carbons (Fsp3) is 0.133. The van der Waals surface area contributed by atoms with Crippen LogP contribution in [0.4, 0.5) is 4.39 Å². The predicted molar refractivity (Wildman–Crippen MR) is 85.3 cm³/mol. The van der Waals surface area contributed by atoms with E-state index in [1.165, 1.54) is 12.1 Å². The van der Waals surface area contributed by atoms with Crippen LogP contribution in [-0.2, 0) is 0 Å². The van der Waals surface area contributed by atoms with Crippen molar-refractivity contribution in [1.82, 2.24) is 9.55 Å². The van der Waals surface area contributed by atoms with Crippen LogP contribution >= 0.6 is 34.8 Å². The lowest BCUT2D eigenvalue weighted by Crippen LogP contribution is -2.04. The molecule has 108 valence electrons. The predicted octanol–water partition coefficient (Wildman–Crippen LogP) is 5.77. The number of nitrogens with zero attached hydrogens (tertiary/aromatic N) is 2. The fourth-order valence-electron chi connectivity index (χ4n) is 2.24. The molecule has 1 unspecified atom stereocenters. The maximum Gasteiger partial charge on any atom is 0.147 e. The molecule has 0 aliphatic carbocycles. The molecule has 1 aromatic heterocycles. The van der Waals surface area contributed by atoms with Crippen molar-refractivity contribution in [1.29, 1.82) is 0 Å². The standard InChI is InChI=1S/C15H10Cl3FN2/c1-8(16)15-20-12-5-3-10(18)7-14(12)21(15)13-6-9(17)2-4-11(13)19/h2-8H,1H3. The summed E-state index contributed by atoms with van der Waals surface area (Å²) in [5.74, 6) is 0.132. The summed E-state index contributed by atoms with van der Waals surface area (Å²) in [4.78, 5) is 4.46. The van der Waals surface area contributed by atoms with Crippen LogP contribution in [0.1, 0.15) is 18.1 Å². The van der Waals surface area contributed by atoms with Crippen molar-refractivity contribution < 1.29 is 4.39 Å². The number of fused-ring (bicyclic) bond motifs is 1. The lowest BCUT2D eigenvalue weighted by Gasteiger charge is -2.12. The summed E-state index contributed by atoms with van der Waals surface area (Å²) in [6, 6.07) is 9.60. The first-order valence-corrected chi connectivity index (χ1v) is 7.44. The molecule has 21 heavy (non-hydrogen) atoms. The first-order chi connectivity index (χ1) is 9.97. The van der Waals surface area contributed by atoms with Gasteiger partial charge in [-0.2, -0.15) is 0 Å². The molecule has 0 fully saturated rings. The normalized spacial score (nSPS) is 12.8. The molecule has 0 spiro atoms. The zero-order chi connectivity index (χ0) is 15.1. The van der Waals surface area contributed by atoms with Crippen LogP contribution in [0, 0.1) is 5.82 Å². The second kappa shape index (κ2) is 5.48. The zero-order valence-electron chi connectivity index (χ0n) is 10.9. The third-order valence-corrected chi connectivity index (χ3v) is 3.81. The summed E-state index contributed by atoms with van der Waals surface area (Å²) in [6.07, 6.45) is 0. The van der Waals surface area contributed by atoms with Gasteiger partial charge in [-0.25, -0.2) is 9.37 Å². The smallest absolute Gasteiger partial charge is 0.147 e. The van der Waals surface area contributed by atoms with Crippen molar-refractivity contribution in [3.8, 4) is 5.69 Å². The Bertz CT molecular complexity index is 827. The molecule has 2 aromatic carbocycles. The Morgan fingerprint density at radius 2 is 1.76 bits per heavy atom. The van der Waals surface area contributed by atoms with Crippen LogP contribution in [0.5, 0.6) is 0 Å². The molecule has 0 bridgehead atoms. The zero-order valence-corrected chi connectivity index (χ0v) is 13.2. The van der Waals surface area contributed by atoms with Gasteiger partial charge in [-0.1, -0.05) is 23.2 Å². The van der Waals surface area contributed by atoms with E-state index in [-0.39, 0.29) is 0 Å². The van der Waals surface area contributed by atoms with Gasteiger partial charge < -0.3 is 0 Å². The summed E-state index contributed by atoms with van der Waals surface area (Å²) < 4.78 is 15.9. The van der Waals surface area contributed by atoms with E-state index in [4.69, 9.17) is 34.8 Å². The Morgan fingerprint density at radius 1 is 1.10 bits per heavy atom. The second-order valence-corrected chi connectivity index (χ2v) is 6.18. The van der Waals surface area contributed by atoms with Gasteiger partial charge >= 0.3 is 0 Å². The minimum atomic E-state index is -0.405. The number of aromatic nitrogens is 2. The molecule has 0 amide bonds. The Morgan fingerprint density at radius 3 is 2.48 bits per heavy atom. The van der Waals surface area contributed by atoms with Crippen LogP contribution < -0.4 is 0 Å². The molecule has 0 N–H and O–H groups in total. The van der Waals surface area contributed by atoms with Crippen LogP contribution in [0.25, 0.3) is 16.7 Å². The highest BCUT2D eigenvalue weighted by molar-refractivity contribution is 6.31. The number of hydrogen-bond donors (Lipinski definition) is 0. The number of alkyl halides is 1. The molecule has 0 saturated carbocycles. The maximum absolute atomic E-state index is 14.2. The molecule has 2 nitrogen and oxygen atoms in total. The van der Waals surface area contributed by atoms with E-state index in [1.807, 2.05) is 0 Å². The van der Waals surface area contributed by atoms with Gasteiger partial charge in [-0.3, -0.25) is 4.57 Å². The highest BCUT2D eigenvalue weighted by atomic mass is 35.5. The molecule has 3 aromatic rings. The average Bonchev–Trinajstić information content (AvgIpc) is 2.80. The molecule has 1 atom stereocenters. The van der Waals surface area contributed by atoms with Crippen molar-refractivity contribution in [2.24, 2.45) is 0 Å². The van der Waals surface area contributed by atoms with E-state index in [0.29, 0.717) is 32.6 Å². The van der Waals surface area contributed by atoms with Gasteiger partial charge in [0.05, 0.1) is 22.1 Å². The van der Waals surface area contributed by atoms with Gasteiger partial charge in [0.25, 0.3) is 0 Å². The van der Waals surface area contributed by atoms with Crippen LogP contribution in [0.2, 0.25) is 10.0 Å². The van der Waals surface area contributed by atoms with Gasteiger partial charge in [0.15, 0.2) is 0 Å². The molecule has 6 heteroatoms. The van der Waals surface area contributed by atoms with Gasteiger partial charge in [0.2, 0.25) is 0 Å². The minimum Gasteiger partial charge on any atom is -0.292 e. The second-order valence-electron chi connectivity index (χ2n) is 4.65. The molecule has 0 aliphatic heterocycles. The molecule has 3 rings (SSSR count). The van der Waals surface area contributed by atoms with Crippen molar-refractivity contribution >= 4 is 45.8 Å². The molecule has 0 aliphatic rings. The number of halogens is 4. The van der Waals surface area contributed by atoms with Gasteiger partial charge in [-0.15, -0.1) is 11.6 Å². The fourth-order valence-corrected chi connectivity index (χ4v) is 2.72. The van der Waals surface area contributed by atoms with E-state index >= 15 is 0 Å². The first-order valence-electron chi connectivity index (χ1n) is 6.25. The molecule has 1 heterocycles. The van der Waals surface area contributed by atoms with Crippen molar-refractivity contribution in [3.63, 3.8) is 0 Å². The molecular formula is C15H10Cl3FN2. The largest absolute Gasteiger partial charge is 0.292 e. The lowest BCUT2D eigenvalue weighted by atomic mass is 10.2. The van der Waals surface area contributed by atoms with Gasteiger partial charge in [0, 0.05) is 10.0 Å². The molecular weight excluding hydrogens is 334 g/mol. The summed E-state index contributed by atoms with van der Waals surface area (Å²) in [5.41, 5.74) is 1.68. The van der Waals surface area contributed by atoms with Crippen molar-refractivity contribution in [2.75, 3.05) is 0 Å². The highest BCUT2D eigenvalue weighted by Crippen LogP contribution is 2.31. The van der Waals surface area contributed by atoms with Gasteiger partial charge in [-0.05, 0) is 43.3 Å². The lowest BCUT2D eigenvalue weighted by molar-refractivity contribution is 0.616. The van der Waals surface area contributed by atoms with E-state index in [1.54, 1.807) is 35.8 Å². The topological polar surface area (TPSA) is 17.8 Å². The monoisotopic (exact) mass is 342 g/mol. The quantitative estimate of drug-likeness (QED) is 0.540. The third-order valence-electron chi connectivity index (χ3n) is 3.15. The summed E-state index contributed by atoms with van der Waals surface area (Å²) >= 11 is 18.2. The molecule has 0 saturated heterocycles. The summed E-state index contributed by atoms with van der Waals surface area (Å²) in [6.45, 7) is 1.78. The average molecular weight is 344 g/mol. The van der Waals surface area contributed by atoms with Crippen LogP contribution in [0.3, 0.4) is 0 Å². The number of hydrogen-bond acceptors (Lipinski definition) is 1. The Labute approximate surface area is 136 Å². The minimum absolute atomic E-state index is 0.301. The van der Waals surface area contributed by atoms with E-state index < -0.39 is 11.2 Å². The first kappa shape index (κ1) is 14.6. The van der Waals surface area contributed by atoms with E-state index in [9.17, 15) is 4.39 Å². The number of rotatable bonds is 2. The van der Waals surface area contributed by atoms with E-state index in [0.717, 1.165) is 0 Å². The van der Waals surface area contributed by atoms with Gasteiger partial charge in [0.1, 0.15) is 11.6 Å². The third kappa shape index (κ3) is 2.61. The summed E-state index contributed by atoms with van der Waals surface area (Å²) in [5, 5.41) is 0.581. The van der Waals surface area contributed by atoms with Crippen molar-refractivity contribution in [2.45, 2.75) is 12.3 Å². The van der Waals surface area contributed by atoms with Crippen molar-refractivity contribution in [3.05, 3.63) is 58.1 Å². The maximum atomic E-state index is 14.2. The Hall–Kier alpha value is -1.29. The highest BCUT2D eigenvalue weighted by Gasteiger charge is 2.19. The van der Waals surface area contributed by atoms with Crippen LogP contribution in [-0.4, -0.2) is 9.55 Å². The SMILES string of the molecule is CC(Cl)c1nc2ccc(Cl)cc2n1-c1cc(Cl)ccc1F. The molecule has 0 radical (unpaired) electrons. The Balaban J connectivity index is 2.41. The summed E-state index contributed by atoms with van der Waals surface area (Å²) in [7, 11) is 0. The van der Waals surface area contributed by atoms with E-state index in [2.05, 4.69) is 4.98 Å². The number of benzene rings is 2. The Kier molecular flexibility index (Phi) is 3.82.